The van der Waals surface area contributed by atoms with Crippen LogP contribution < -0.4 is 9.70 Å². The number of hydrogen-bond donors (Lipinski definition) is 0. The van der Waals surface area contributed by atoms with Gasteiger partial charge < -0.3 is 9.47 Å². The fourth-order valence-corrected chi connectivity index (χ4v) is 3.48. The third-order valence-corrected chi connectivity index (χ3v) is 4.76. The van der Waals surface area contributed by atoms with Gasteiger partial charge in [-0.25, -0.2) is 4.39 Å². The van der Waals surface area contributed by atoms with Crippen LogP contribution in [0.3, 0.4) is 0 Å². The van der Waals surface area contributed by atoms with Crippen molar-refractivity contribution in [2.45, 2.75) is 6.54 Å². The number of nitrogens with zero attached hydrogens (tertiary/aromatic N) is 3. The Kier molecular flexibility index (Phi) is 4.68. The highest BCUT2D eigenvalue weighted by Crippen LogP contribution is 2.19. The minimum atomic E-state index is -0.358. The molecule has 0 aliphatic carbocycles. The minimum Gasteiger partial charge on any atom is -0.378 e. The molecule has 0 N–H and O–H groups in total. The van der Waals surface area contributed by atoms with Crippen molar-refractivity contribution in [1.29, 1.82) is 0 Å². The van der Waals surface area contributed by atoms with Gasteiger partial charge >= 0.3 is 0 Å². The van der Waals surface area contributed by atoms with Crippen LogP contribution in [-0.4, -0.2) is 24.6 Å². The van der Waals surface area contributed by atoms with Gasteiger partial charge in [-0.1, -0.05) is 17.3 Å². The normalized spacial score (nSPS) is 11.5. The van der Waals surface area contributed by atoms with Crippen molar-refractivity contribution < 1.29 is 9.18 Å². The Morgan fingerprint density at radius 1 is 1.28 bits per heavy atom. The fourth-order valence-electron chi connectivity index (χ4n) is 2.43. The highest BCUT2D eigenvalue weighted by atomic mass is 32.1. The molecule has 1 amide bonds. The van der Waals surface area contributed by atoms with Crippen molar-refractivity contribution >= 4 is 33.1 Å². The quantitative estimate of drug-likeness (QED) is 0.678. The summed E-state index contributed by atoms with van der Waals surface area (Å²) in [4.78, 5) is 19.1. The van der Waals surface area contributed by atoms with E-state index in [-0.39, 0.29) is 18.3 Å². The number of halogens is 1. The molecule has 0 fully saturated rings. The van der Waals surface area contributed by atoms with Crippen LogP contribution in [0.25, 0.3) is 10.2 Å². The van der Waals surface area contributed by atoms with Crippen molar-refractivity contribution in [3.8, 4) is 12.3 Å². The molecule has 0 atom stereocenters. The third-order valence-electron chi connectivity index (χ3n) is 3.72. The van der Waals surface area contributed by atoms with Crippen molar-refractivity contribution in [3.05, 3.63) is 58.6 Å². The third kappa shape index (κ3) is 3.47. The number of carbonyl (C=O) groups excluding carboxylic acids is 1. The molecule has 0 saturated carbocycles. The number of terminal acetylenes is 1. The molecule has 6 heteroatoms. The molecule has 0 aliphatic rings. The van der Waals surface area contributed by atoms with Gasteiger partial charge in [-0.2, -0.15) is 4.99 Å². The number of hydrogen-bond acceptors (Lipinski definition) is 3. The van der Waals surface area contributed by atoms with E-state index < -0.39 is 0 Å². The summed E-state index contributed by atoms with van der Waals surface area (Å²) in [5.41, 5.74) is 2.25. The summed E-state index contributed by atoms with van der Waals surface area (Å²) in [6.45, 7) is 0.261. The van der Waals surface area contributed by atoms with Crippen molar-refractivity contribution in [2.75, 3.05) is 19.0 Å². The second-order valence-electron chi connectivity index (χ2n) is 5.65. The first kappa shape index (κ1) is 16.9. The van der Waals surface area contributed by atoms with Gasteiger partial charge in [0.25, 0.3) is 5.91 Å². The summed E-state index contributed by atoms with van der Waals surface area (Å²) in [6, 6.07) is 11.6. The number of thiazole rings is 1. The van der Waals surface area contributed by atoms with Crippen LogP contribution in [0.5, 0.6) is 0 Å². The summed E-state index contributed by atoms with van der Waals surface area (Å²) >= 11 is 1.24. The van der Waals surface area contributed by atoms with Gasteiger partial charge in [0.15, 0.2) is 4.80 Å². The number of fused-ring (bicyclic) bond motifs is 1. The summed E-state index contributed by atoms with van der Waals surface area (Å²) in [6.07, 6.45) is 5.42. The second-order valence-corrected chi connectivity index (χ2v) is 6.65. The molecule has 0 saturated heterocycles. The molecular formula is C19H16FN3OS. The predicted molar refractivity (Wildman–Crippen MR) is 99.3 cm³/mol. The average molecular weight is 353 g/mol. The van der Waals surface area contributed by atoms with Crippen LogP contribution in [-0.2, 0) is 6.54 Å². The number of carbonyl (C=O) groups is 1. The van der Waals surface area contributed by atoms with E-state index in [4.69, 9.17) is 6.42 Å². The summed E-state index contributed by atoms with van der Waals surface area (Å²) in [5.74, 6) is 1.86. The van der Waals surface area contributed by atoms with Crippen LogP contribution in [0.2, 0.25) is 0 Å². The van der Waals surface area contributed by atoms with Gasteiger partial charge in [-0.05, 0) is 42.5 Å². The molecule has 2 aromatic carbocycles. The van der Waals surface area contributed by atoms with Gasteiger partial charge in [0.05, 0.1) is 16.8 Å². The molecule has 3 aromatic rings. The lowest BCUT2D eigenvalue weighted by molar-refractivity contribution is 0.0998. The highest BCUT2D eigenvalue weighted by Gasteiger charge is 2.10. The molecule has 25 heavy (non-hydrogen) atoms. The number of amides is 1. The Hall–Kier alpha value is -2.91. The van der Waals surface area contributed by atoms with Crippen LogP contribution in [0.4, 0.5) is 10.1 Å². The van der Waals surface area contributed by atoms with E-state index >= 15 is 0 Å². The van der Waals surface area contributed by atoms with Crippen LogP contribution in [0.1, 0.15) is 10.4 Å². The van der Waals surface area contributed by atoms with E-state index in [0.29, 0.717) is 15.1 Å². The predicted octanol–water partition coefficient (Wildman–Crippen LogP) is 3.28. The highest BCUT2D eigenvalue weighted by molar-refractivity contribution is 7.16. The maximum absolute atomic E-state index is 13.4. The average Bonchev–Trinajstić information content (AvgIpc) is 2.91. The van der Waals surface area contributed by atoms with Crippen LogP contribution >= 0.6 is 11.3 Å². The minimum absolute atomic E-state index is 0.261. The van der Waals surface area contributed by atoms with Crippen molar-refractivity contribution in [1.82, 2.24) is 4.57 Å². The van der Waals surface area contributed by atoms with E-state index in [1.165, 1.54) is 23.5 Å². The van der Waals surface area contributed by atoms with Crippen LogP contribution in [0.15, 0.2) is 47.5 Å². The lowest BCUT2D eigenvalue weighted by atomic mass is 10.2. The Balaban J connectivity index is 2.06. The van der Waals surface area contributed by atoms with Gasteiger partial charge in [0.1, 0.15) is 5.82 Å². The Labute approximate surface area is 148 Å². The van der Waals surface area contributed by atoms with Gasteiger partial charge in [-0.15, -0.1) is 6.42 Å². The van der Waals surface area contributed by atoms with E-state index in [2.05, 4.69) is 10.9 Å². The molecule has 126 valence electrons. The number of aromatic nitrogens is 1. The molecule has 0 aliphatic heterocycles. The SMILES string of the molecule is C#CCn1c(=NC(=O)c2ccc(N(C)C)cc2)sc2cc(F)ccc21. The lowest BCUT2D eigenvalue weighted by Gasteiger charge is -2.11. The van der Waals surface area contributed by atoms with Gasteiger partial charge in [0.2, 0.25) is 0 Å². The summed E-state index contributed by atoms with van der Waals surface area (Å²) < 4.78 is 15.9. The van der Waals surface area contributed by atoms with Crippen molar-refractivity contribution in [2.24, 2.45) is 4.99 Å². The van der Waals surface area contributed by atoms with E-state index in [1.54, 1.807) is 22.8 Å². The molecule has 0 bridgehead atoms. The number of rotatable bonds is 3. The lowest BCUT2D eigenvalue weighted by Crippen LogP contribution is -2.16. The first-order chi connectivity index (χ1) is 12.0. The molecule has 1 aromatic heterocycles. The summed E-state index contributed by atoms with van der Waals surface area (Å²) in [7, 11) is 3.86. The summed E-state index contributed by atoms with van der Waals surface area (Å²) in [5, 5.41) is 0. The topological polar surface area (TPSA) is 37.6 Å². The first-order valence-corrected chi connectivity index (χ1v) is 8.40. The number of anilines is 1. The maximum Gasteiger partial charge on any atom is 0.279 e. The zero-order valence-corrected chi connectivity index (χ0v) is 14.7. The fraction of sp³-hybridized carbons (Fsp3) is 0.158. The molecule has 0 unspecified atom stereocenters. The Morgan fingerprint density at radius 3 is 2.64 bits per heavy atom. The zero-order valence-electron chi connectivity index (χ0n) is 13.9. The first-order valence-electron chi connectivity index (χ1n) is 7.58. The number of benzene rings is 2. The molecular weight excluding hydrogens is 337 g/mol. The molecule has 1 heterocycles. The zero-order chi connectivity index (χ0) is 18.0. The van der Waals surface area contributed by atoms with E-state index in [1.807, 2.05) is 31.1 Å². The smallest absolute Gasteiger partial charge is 0.279 e. The second kappa shape index (κ2) is 6.91. The molecule has 0 radical (unpaired) electrons. The molecule has 0 spiro atoms. The Morgan fingerprint density at radius 2 is 2.00 bits per heavy atom. The van der Waals surface area contributed by atoms with Gasteiger partial charge in [-0.3, -0.25) is 4.79 Å². The van der Waals surface area contributed by atoms with E-state index in [9.17, 15) is 9.18 Å². The van der Waals surface area contributed by atoms with Gasteiger partial charge in [0, 0.05) is 25.3 Å². The standard InChI is InChI=1S/C19H16FN3OS/c1-4-11-23-16-10-7-14(20)12-17(16)25-19(23)21-18(24)13-5-8-15(9-6-13)22(2)3/h1,5-10,12H,11H2,2-3H3. The molecule has 3 rings (SSSR count). The van der Waals surface area contributed by atoms with E-state index in [0.717, 1.165) is 11.2 Å². The molecule has 4 nitrogen and oxygen atoms in total. The maximum atomic E-state index is 13.4. The van der Waals surface area contributed by atoms with Crippen molar-refractivity contribution in [3.63, 3.8) is 0 Å². The largest absolute Gasteiger partial charge is 0.378 e. The monoisotopic (exact) mass is 353 g/mol. The Bertz CT molecular complexity index is 1040. The van der Waals surface area contributed by atoms with Crippen LogP contribution in [0, 0.1) is 18.2 Å².